The fourth-order valence-electron chi connectivity index (χ4n) is 1.39. The fourth-order valence-corrected chi connectivity index (χ4v) is 1.39. The van der Waals surface area contributed by atoms with Crippen molar-refractivity contribution in [1.82, 2.24) is 9.78 Å². The van der Waals surface area contributed by atoms with E-state index < -0.39 is 6.10 Å². The first-order valence-electron chi connectivity index (χ1n) is 5.91. The second kappa shape index (κ2) is 6.66. The summed E-state index contributed by atoms with van der Waals surface area (Å²) >= 11 is 0. The molecule has 0 aromatic carbocycles. The van der Waals surface area contributed by atoms with Gasteiger partial charge in [0.2, 0.25) is 0 Å². The molecule has 0 fully saturated rings. The third-order valence-electron chi connectivity index (χ3n) is 2.34. The number of nitrogens with zero attached hydrogens (tertiary/aromatic N) is 2. The van der Waals surface area contributed by atoms with Gasteiger partial charge in [-0.3, -0.25) is 4.68 Å². The summed E-state index contributed by atoms with van der Waals surface area (Å²) in [5.41, 5.74) is 0.881. The van der Waals surface area contributed by atoms with Gasteiger partial charge in [0.25, 0.3) is 0 Å². The lowest BCUT2D eigenvalue weighted by atomic mass is 10.2. The van der Waals surface area contributed by atoms with E-state index >= 15 is 0 Å². The molecule has 1 atom stereocenters. The fraction of sp³-hybridized carbons (Fsp3) is 0.750. The average molecular weight is 226 g/mol. The van der Waals surface area contributed by atoms with Crippen LogP contribution in [0.2, 0.25) is 0 Å². The molecule has 0 bridgehead atoms. The Morgan fingerprint density at radius 3 is 2.88 bits per heavy atom. The summed E-state index contributed by atoms with van der Waals surface area (Å²) in [5, 5.41) is 13.8. The Hall–Kier alpha value is -0.870. The minimum absolute atomic E-state index is 0.398. The zero-order valence-electron chi connectivity index (χ0n) is 10.4. The second-order valence-electron chi connectivity index (χ2n) is 4.43. The Bertz CT molecular complexity index is 297. The molecular weight excluding hydrogens is 204 g/mol. The largest absolute Gasteiger partial charge is 0.388 e. The maximum atomic E-state index is 9.60. The molecule has 0 aliphatic heterocycles. The van der Waals surface area contributed by atoms with Crippen molar-refractivity contribution in [2.75, 3.05) is 13.2 Å². The minimum atomic E-state index is -0.398. The molecule has 0 aliphatic carbocycles. The molecule has 0 spiro atoms. The molecule has 0 saturated heterocycles. The number of rotatable bonds is 7. The summed E-state index contributed by atoms with van der Waals surface area (Å²) in [6, 6.07) is 0. The zero-order valence-corrected chi connectivity index (χ0v) is 10.4. The first-order chi connectivity index (χ1) is 7.63. The van der Waals surface area contributed by atoms with Crippen molar-refractivity contribution < 1.29 is 9.84 Å². The Kier molecular flexibility index (Phi) is 5.49. The second-order valence-corrected chi connectivity index (χ2v) is 4.43. The molecule has 0 radical (unpaired) electrons. The predicted octanol–water partition coefficient (Wildman–Crippen LogP) is 2.00. The van der Waals surface area contributed by atoms with Crippen LogP contribution in [0.25, 0.3) is 0 Å². The molecule has 4 nitrogen and oxygen atoms in total. The van der Waals surface area contributed by atoms with E-state index in [0.717, 1.165) is 25.1 Å². The SMILES string of the molecule is CCC(O)c1cnn(CCOCC(C)C)c1. The van der Waals surface area contributed by atoms with Crippen molar-refractivity contribution in [3.63, 3.8) is 0 Å². The highest BCUT2D eigenvalue weighted by Gasteiger charge is 2.07. The lowest BCUT2D eigenvalue weighted by Crippen LogP contribution is -2.09. The summed E-state index contributed by atoms with van der Waals surface area (Å²) in [6.07, 6.45) is 3.92. The van der Waals surface area contributed by atoms with Crippen LogP contribution < -0.4 is 0 Å². The molecule has 0 saturated carbocycles. The zero-order chi connectivity index (χ0) is 12.0. The summed E-state index contributed by atoms with van der Waals surface area (Å²) < 4.78 is 7.29. The van der Waals surface area contributed by atoms with Gasteiger partial charge < -0.3 is 9.84 Å². The van der Waals surface area contributed by atoms with Crippen molar-refractivity contribution >= 4 is 0 Å². The van der Waals surface area contributed by atoms with E-state index in [1.165, 1.54) is 0 Å². The van der Waals surface area contributed by atoms with E-state index in [1.54, 1.807) is 6.20 Å². The smallest absolute Gasteiger partial charge is 0.0817 e. The van der Waals surface area contributed by atoms with Crippen LogP contribution in [0.15, 0.2) is 12.4 Å². The lowest BCUT2D eigenvalue weighted by molar-refractivity contribution is 0.101. The van der Waals surface area contributed by atoms with Gasteiger partial charge in [0.1, 0.15) is 0 Å². The van der Waals surface area contributed by atoms with E-state index in [4.69, 9.17) is 4.74 Å². The summed E-state index contributed by atoms with van der Waals surface area (Å²) in [6.45, 7) is 8.40. The first-order valence-corrected chi connectivity index (χ1v) is 5.91. The van der Waals surface area contributed by atoms with Crippen LogP contribution in [0.1, 0.15) is 38.9 Å². The van der Waals surface area contributed by atoms with E-state index in [2.05, 4.69) is 18.9 Å². The Labute approximate surface area is 97.2 Å². The number of aromatic nitrogens is 2. The highest BCUT2D eigenvalue weighted by molar-refractivity contribution is 5.07. The predicted molar refractivity (Wildman–Crippen MR) is 63.1 cm³/mol. The molecule has 1 aromatic heterocycles. The van der Waals surface area contributed by atoms with Gasteiger partial charge in [-0.15, -0.1) is 0 Å². The minimum Gasteiger partial charge on any atom is -0.388 e. The van der Waals surface area contributed by atoms with Crippen LogP contribution in [0.3, 0.4) is 0 Å². The number of aliphatic hydroxyl groups is 1. The van der Waals surface area contributed by atoms with Gasteiger partial charge in [-0.25, -0.2) is 0 Å². The summed E-state index contributed by atoms with van der Waals surface area (Å²) in [5.74, 6) is 0.565. The van der Waals surface area contributed by atoms with E-state index in [1.807, 2.05) is 17.8 Å². The molecule has 4 heteroatoms. The topological polar surface area (TPSA) is 47.3 Å². The van der Waals surface area contributed by atoms with Gasteiger partial charge in [0.05, 0.1) is 25.5 Å². The molecule has 92 valence electrons. The average Bonchev–Trinajstić information content (AvgIpc) is 2.71. The third kappa shape index (κ3) is 4.33. The van der Waals surface area contributed by atoms with Gasteiger partial charge in [-0.05, 0) is 12.3 Å². The van der Waals surface area contributed by atoms with Crippen LogP contribution in [0, 0.1) is 5.92 Å². The van der Waals surface area contributed by atoms with E-state index in [0.29, 0.717) is 12.5 Å². The van der Waals surface area contributed by atoms with Crippen molar-refractivity contribution in [3.8, 4) is 0 Å². The van der Waals surface area contributed by atoms with Crippen LogP contribution in [0.5, 0.6) is 0 Å². The Morgan fingerprint density at radius 2 is 2.25 bits per heavy atom. The normalized spacial score (nSPS) is 13.3. The number of hydrogen-bond donors (Lipinski definition) is 1. The van der Waals surface area contributed by atoms with Crippen LogP contribution in [0.4, 0.5) is 0 Å². The molecule has 1 rings (SSSR count). The first kappa shape index (κ1) is 13.2. The standard InChI is InChI=1S/C12H22N2O2/c1-4-12(15)11-7-13-14(8-11)5-6-16-9-10(2)3/h7-8,10,12,15H,4-6,9H2,1-3H3. The molecule has 1 heterocycles. The molecule has 0 aliphatic rings. The van der Waals surface area contributed by atoms with E-state index in [9.17, 15) is 5.11 Å². The van der Waals surface area contributed by atoms with Gasteiger partial charge in [-0.2, -0.15) is 5.10 Å². The lowest BCUT2D eigenvalue weighted by Gasteiger charge is -2.06. The van der Waals surface area contributed by atoms with Crippen molar-refractivity contribution in [1.29, 1.82) is 0 Å². The highest BCUT2D eigenvalue weighted by Crippen LogP contribution is 2.14. The Morgan fingerprint density at radius 1 is 1.50 bits per heavy atom. The maximum absolute atomic E-state index is 9.60. The maximum Gasteiger partial charge on any atom is 0.0817 e. The number of aliphatic hydroxyl groups excluding tert-OH is 1. The summed E-state index contributed by atoms with van der Waals surface area (Å²) in [4.78, 5) is 0. The van der Waals surface area contributed by atoms with Crippen molar-refractivity contribution in [2.45, 2.75) is 39.8 Å². The molecule has 0 amide bonds. The van der Waals surface area contributed by atoms with E-state index in [-0.39, 0.29) is 0 Å². The molecule has 1 unspecified atom stereocenters. The number of ether oxygens (including phenoxy) is 1. The molecular formula is C12H22N2O2. The van der Waals surface area contributed by atoms with Crippen LogP contribution in [-0.2, 0) is 11.3 Å². The van der Waals surface area contributed by atoms with Gasteiger partial charge >= 0.3 is 0 Å². The number of hydrogen-bond acceptors (Lipinski definition) is 3. The van der Waals surface area contributed by atoms with Gasteiger partial charge in [-0.1, -0.05) is 20.8 Å². The highest BCUT2D eigenvalue weighted by atomic mass is 16.5. The monoisotopic (exact) mass is 226 g/mol. The molecule has 1 N–H and O–H groups in total. The van der Waals surface area contributed by atoms with Crippen LogP contribution in [-0.4, -0.2) is 28.1 Å². The van der Waals surface area contributed by atoms with Crippen molar-refractivity contribution in [3.05, 3.63) is 18.0 Å². The summed E-state index contributed by atoms with van der Waals surface area (Å²) in [7, 11) is 0. The van der Waals surface area contributed by atoms with Gasteiger partial charge in [0.15, 0.2) is 0 Å². The van der Waals surface area contributed by atoms with Gasteiger partial charge in [0, 0.05) is 18.4 Å². The third-order valence-corrected chi connectivity index (χ3v) is 2.34. The Balaban J connectivity index is 2.29. The molecule has 1 aromatic rings. The quantitative estimate of drug-likeness (QED) is 0.723. The van der Waals surface area contributed by atoms with Crippen molar-refractivity contribution in [2.24, 2.45) is 5.92 Å². The molecule has 16 heavy (non-hydrogen) atoms. The van der Waals surface area contributed by atoms with Crippen LogP contribution >= 0.6 is 0 Å².